The molecule has 0 aromatic carbocycles. The highest BCUT2D eigenvalue weighted by Crippen LogP contribution is 2.08. The van der Waals surface area contributed by atoms with Gasteiger partial charge in [0, 0.05) is 12.8 Å². The minimum atomic E-state index is 0.577. The van der Waals surface area contributed by atoms with Crippen LogP contribution in [0.2, 0.25) is 0 Å². The van der Waals surface area contributed by atoms with E-state index >= 15 is 0 Å². The third-order valence-corrected chi connectivity index (χ3v) is 2.31. The highest BCUT2D eigenvalue weighted by atomic mass is 16.5. The van der Waals surface area contributed by atoms with Gasteiger partial charge in [-0.05, 0) is 12.8 Å². The summed E-state index contributed by atoms with van der Waals surface area (Å²) in [6.45, 7) is 13.2. The van der Waals surface area contributed by atoms with Gasteiger partial charge in [0.1, 0.15) is 13.2 Å². The zero-order valence-electron chi connectivity index (χ0n) is 10.9. The van der Waals surface area contributed by atoms with Gasteiger partial charge < -0.3 is 9.47 Å². The van der Waals surface area contributed by atoms with Gasteiger partial charge in [-0.1, -0.05) is 39.8 Å². The molecule has 0 radical (unpaired) electrons. The molecule has 0 aliphatic carbocycles. The lowest BCUT2D eigenvalue weighted by Crippen LogP contribution is -2.03. The topological polar surface area (TPSA) is 18.5 Å². The van der Waals surface area contributed by atoms with Crippen LogP contribution in [-0.2, 0) is 9.47 Å². The van der Waals surface area contributed by atoms with Crippen molar-refractivity contribution in [2.24, 2.45) is 0 Å². The summed E-state index contributed by atoms with van der Waals surface area (Å²) >= 11 is 0. The first-order valence-corrected chi connectivity index (χ1v) is 6.31. The second-order valence-corrected chi connectivity index (χ2v) is 3.98. The Hall–Kier alpha value is -0.920. The van der Waals surface area contributed by atoms with E-state index < -0.39 is 0 Å². The molecule has 0 rings (SSSR count). The highest BCUT2D eigenvalue weighted by molar-refractivity contribution is 4.83. The maximum Gasteiger partial charge on any atom is 0.122 e. The fourth-order valence-electron chi connectivity index (χ4n) is 1.26. The van der Waals surface area contributed by atoms with Crippen molar-refractivity contribution < 1.29 is 9.47 Å². The van der Waals surface area contributed by atoms with Gasteiger partial charge in [-0.2, -0.15) is 0 Å². The molecule has 0 spiro atoms. The summed E-state index contributed by atoms with van der Waals surface area (Å²) in [6, 6.07) is 0. The van der Waals surface area contributed by atoms with Crippen molar-refractivity contribution in [1.82, 2.24) is 0 Å². The second kappa shape index (κ2) is 10.6. The van der Waals surface area contributed by atoms with E-state index in [0.29, 0.717) is 13.2 Å². The molecule has 0 atom stereocenters. The smallest absolute Gasteiger partial charge is 0.122 e. The number of hydrogen-bond donors (Lipinski definition) is 0. The van der Waals surface area contributed by atoms with Crippen LogP contribution in [0.3, 0.4) is 0 Å². The van der Waals surface area contributed by atoms with Crippen molar-refractivity contribution in [3.63, 3.8) is 0 Å². The molecule has 0 fully saturated rings. The molecule has 0 N–H and O–H groups in total. The molecule has 0 unspecified atom stereocenters. The van der Waals surface area contributed by atoms with Gasteiger partial charge in [0.15, 0.2) is 0 Å². The zero-order valence-corrected chi connectivity index (χ0v) is 10.9. The van der Waals surface area contributed by atoms with Crippen LogP contribution in [0.5, 0.6) is 0 Å². The summed E-state index contributed by atoms with van der Waals surface area (Å²) in [6.07, 6.45) is 6.53. The quantitative estimate of drug-likeness (QED) is 0.383. The molecule has 0 heterocycles. The van der Waals surface area contributed by atoms with Crippen molar-refractivity contribution >= 4 is 0 Å². The van der Waals surface area contributed by atoms with Gasteiger partial charge in [0.2, 0.25) is 0 Å². The zero-order chi connectivity index (χ0) is 12.2. The van der Waals surface area contributed by atoms with Gasteiger partial charge in [0.25, 0.3) is 0 Å². The van der Waals surface area contributed by atoms with Gasteiger partial charge >= 0.3 is 0 Å². The summed E-state index contributed by atoms with van der Waals surface area (Å²) < 4.78 is 10.9. The third-order valence-electron chi connectivity index (χ3n) is 2.31. The van der Waals surface area contributed by atoms with E-state index in [2.05, 4.69) is 27.0 Å². The lowest BCUT2D eigenvalue weighted by atomic mass is 10.2. The molecule has 2 heteroatoms. The molecule has 0 bridgehead atoms. The SMILES string of the molecule is C=C(CCCC)OCCOC(=C)CCCC. The van der Waals surface area contributed by atoms with Gasteiger partial charge in [-0.25, -0.2) is 0 Å². The minimum Gasteiger partial charge on any atom is -0.495 e. The predicted molar refractivity (Wildman–Crippen MR) is 69.2 cm³/mol. The molecule has 94 valence electrons. The van der Waals surface area contributed by atoms with Gasteiger partial charge in [-0.15, -0.1) is 0 Å². The summed E-state index contributed by atoms with van der Waals surface area (Å²) in [5.41, 5.74) is 0. The van der Waals surface area contributed by atoms with Crippen molar-refractivity contribution in [2.45, 2.75) is 52.4 Å². The Kier molecular flexibility index (Phi) is 9.98. The minimum absolute atomic E-state index is 0.577. The molecule has 0 saturated carbocycles. The number of hydrogen-bond acceptors (Lipinski definition) is 2. The number of unbranched alkanes of at least 4 members (excludes halogenated alkanes) is 2. The van der Waals surface area contributed by atoms with Crippen molar-refractivity contribution in [3.8, 4) is 0 Å². The fourth-order valence-corrected chi connectivity index (χ4v) is 1.26. The summed E-state index contributed by atoms with van der Waals surface area (Å²) in [4.78, 5) is 0. The second-order valence-electron chi connectivity index (χ2n) is 3.98. The van der Waals surface area contributed by atoms with Crippen LogP contribution in [0.4, 0.5) is 0 Å². The van der Waals surface area contributed by atoms with E-state index in [4.69, 9.17) is 9.47 Å². The van der Waals surface area contributed by atoms with Crippen molar-refractivity contribution in [2.75, 3.05) is 13.2 Å². The number of ether oxygens (including phenoxy) is 2. The Labute approximate surface area is 100 Å². The van der Waals surface area contributed by atoms with Crippen LogP contribution < -0.4 is 0 Å². The summed E-state index contributed by atoms with van der Waals surface area (Å²) in [7, 11) is 0. The lowest BCUT2D eigenvalue weighted by molar-refractivity contribution is 0.110. The number of allylic oxidation sites excluding steroid dienone is 2. The lowest BCUT2D eigenvalue weighted by Gasteiger charge is -2.11. The molecular weight excluding hydrogens is 200 g/mol. The Morgan fingerprint density at radius 1 is 0.812 bits per heavy atom. The first-order chi connectivity index (χ1) is 7.70. The third kappa shape index (κ3) is 9.63. The van der Waals surface area contributed by atoms with Crippen molar-refractivity contribution in [1.29, 1.82) is 0 Å². The summed E-state index contributed by atoms with van der Waals surface area (Å²) in [5.74, 6) is 1.73. The van der Waals surface area contributed by atoms with E-state index in [1.165, 1.54) is 12.8 Å². The van der Waals surface area contributed by atoms with Crippen LogP contribution in [0.15, 0.2) is 24.7 Å². The Morgan fingerprint density at radius 3 is 1.50 bits per heavy atom. The Morgan fingerprint density at radius 2 is 1.19 bits per heavy atom. The standard InChI is InChI=1S/C14H26O2/c1-5-7-9-13(3)15-11-12-16-14(4)10-8-6-2/h3-12H2,1-2H3. The average Bonchev–Trinajstić information content (AvgIpc) is 2.29. The van der Waals surface area contributed by atoms with E-state index in [-0.39, 0.29) is 0 Å². The maximum atomic E-state index is 5.44. The highest BCUT2D eigenvalue weighted by Gasteiger charge is 1.97. The Balaban J connectivity index is 3.31. The largest absolute Gasteiger partial charge is 0.495 e. The Bertz CT molecular complexity index is 175. The van der Waals surface area contributed by atoms with E-state index in [9.17, 15) is 0 Å². The first kappa shape index (κ1) is 15.1. The molecule has 0 aromatic rings. The fraction of sp³-hybridized carbons (Fsp3) is 0.714. The first-order valence-electron chi connectivity index (χ1n) is 6.31. The molecule has 0 saturated heterocycles. The van der Waals surface area contributed by atoms with Crippen molar-refractivity contribution in [3.05, 3.63) is 24.7 Å². The van der Waals surface area contributed by atoms with E-state index in [1.807, 2.05) is 0 Å². The van der Waals surface area contributed by atoms with Crippen LogP contribution >= 0.6 is 0 Å². The normalized spacial score (nSPS) is 9.88. The predicted octanol–water partition coefficient (Wildman–Crippen LogP) is 4.43. The van der Waals surface area contributed by atoms with Crippen LogP contribution in [0.25, 0.3) is 0 Å². The molecule has 0 amide bonds. The molecule has 16 heavy (non-hydrogen) atoms. The van der Waals surface area contributed by atoms with Crippen LogP contribution in [-0.4, -0.2) is 13.2 Å². The maximum absolute atomic E-state index is 5.44. The molecule has 0 aliphatic heterocycles. The van der Waals surface area contributed by atoms with Crippen LogP contribution in [0, 0.1) is 0 Å². The average molecular weight is 226 g/mol. The monoisotopic (exact) mass is 226 g/mol. The molecular formula is C14H26O2. The van der Waals surface area contributed by atoms with E-state index in [0.717, 1.165) is 37.2 Å². The molecule has 0 aliphatic rings. The summed E-state index contributed by atoms with van der Waals surface area (Å²) in [5, 5.41) is 0. The molecule has 0 aromatic heterocycles. The van der Waals surface area contributed by atoms with E-state index in [1.54, 1.807) is 0 Å². The number of rotatable bonds is 11. The molecule has 2 nitrogen and oxygen atoms in total. The van der Waals surface area contributed by atoms with Crippen LogP contribution in [0.1, 0.15) is 52.4 Å². The van der Waals surface area contributed by atoms with Gasteiger partial charge in [-0.3, -0.25) is 0 Å². The van der Waals surface area contributed by atoms with Gasteiger partial charge in [0.05, 0.1) is 11.5 Å².